The molecule has 0 bridgehead atoms. The lowest BCUT2D eigenvalue weighted by atomic mass is 10.2. The summed E-state index contributed by atoms with van der Waals surface area (Å²) in [6, 6.07) is 11.0. The third-order valence-electron chi connectivity index (χ3n) is 4.04. The van der Waals surface area contributed by atoms with Crippen molar-refractivity contribution in [3.63, 3.8) is 0 Å². The van der Waals surface area contributed by atoms with Gasteiger partial charge in [0, 0.05) is 0 Å². The van der Waals surface area contributed by atoms with E-state index >= 15 is 0 Å². The lowest BCUT2D eigenvalue weighted by Crippen LogP contribution is -2.48. The molecule has 0 aromatic heterocycles. The van der Waals surface area contributed by atoms with Crippen LogP contribution in [0.5, 0.6) is 0 Å². The molecule has 0 saturated carbocycles. The zero-order valence-electron chi connectivity index (χ0n) is 10.7. The van der Waals surface area contributed by atoms with Crippen molar-refractivity contribution in [1.29, 1.82) is 0 Å². The van der Waals surface area contributed by atoms with Crippen LogP contribution in [0.15, 0.2) is 30.3 Å². The van der Waals surface area contributed by atoms with E-state index in [-0.39, 0.29) is 0 Å². The Morgan fingerprint density at radius 1 is 1.12 bits per heavy atom. The van der Waals surface area contributed by atoms with E-state index in [0.29, 0.717) is 12.2 Å². The molecule has 1 fully saturated rings. The quantitative estimate of drug-likeness (QED) is 0.714. The van der Waals surface area contributed by atoms with Crippen LogP contribution in [0.4, 0.5) is 0 Å². The Kier molecular flexibility index (Phi) is 3.22. The number of benzene rings is 1. The monoisotopic (exact) mass is 234 g/mol. The summed E-state index contributed by atoms with van der Waals surface area (Å²) < 4.78 is 5.92. The van der Waals surface area contributed by atoms with Crippen LogP contribution in [0, 0.1) is 0 Å². The summed E-state index contributed by atoms with van der Waals surface area (Å²) in [4.78, 5) is 0. The fourth-order valence-corrected chi connectivity index (χ4v) is 6.68. The molecule has 0 unspecified atom stereocenters. The van der Waals surface area contributed by atoms with Gasteiger partial charge < -0.3 is 4.74 Å². The van der Waals surface area contributed by atoms with Gasteiger partial charge >= 0.3 is 0 Å². The molecular weight excluding hydrogens is 212 g/mol. The molecule has 1 aromatic rings. The van der Waals surface area contributed by atoms with Gasteiger partial charge in [-0.15, -0.1) is 0 Å². The SMILES string of the molecule is C[C@H]1C[C@H]([Si](C)(C)c2ccccc2)[C@@H](C)O1. The molecule has 0 spiro atoms. The van der Waals surface area contributed by atoms with Crippen molar-refractivity contribution in [2.45, 2.75) is 51.1 Å². The van der Waals surface area contributed by atoms with E-state index in [1.807, 2.05) is 0 Å². The normalized spacial score (nSPS) is 30.6. The van der Waals surface area contributed by atoms with Crippen molar-refractivity contribution in [3.8, 4) is 0 Å². The van der Waals surface area contributed by atoms with Gasteiger partial charge in [0.1, 0.15) is 0 Å². The highest BCUT2D eigenvalue weighted by Gasteiger charge is 2.42. The molecule has 2 heteroatoms. The molecule has 0 amide bonds. The summed E-state index contributed by atoms with van der Waals surface area (Å²) in [5, 5.41) is 1.56. The van der Waals surface area contributed by atoms with Crippen LogP contribution in [-0.2, 0) is 4.74 Å². The average Bonchev–Trinajstić information content (AvgIpc) is 2.60. The molecule has 2 rings (SSSR count). The van der Waals surface area contributed by atoms with Crippen molar-refractivity contribution in [2.75, 3.05) is 0 Å². The molecule has 0 radical (unpaired) electrons. The maximum Gasteiger partial charge on any atom is 0.0863 e. The molecule has 1 nitrogen and oxygen atoms in total. The zero-order chi connectivity index (χ0) is 11.8. The zero-order valence-corrected chi connectivity index (χ0v) is 11.7. The van der Waals surface area contributed by atoms with E-state index in [0.717, 1.165) is 5.54 Å². The first-order valence-electron chi connectivity index (χ1n) is 6.23. The predicted octanol–water partition coefficient (Wildman–Crippen LogP) is 3.17. The highest BCUT2D eigenvalue weighted by Crippen LogP contribution is 2.38. The summed E-state index contributed by atoms with van der Waals surface area (Å²) in [6.07, 6.45) is 2.10. The van der Waals surface area contributed by atoms with Crippen molar-refractivity contribution in [3.05, 3.63) is 30.3 Å². The van der Waals surface area contributed by atoms with Gasteiger partial charge in [-0.25, -0.2) is 0 Å². The lowest BCUT2D eigenvalue weighted by molar-refractivity contribution is 0.0669. The van der Waals surface area contributed by atoms with Crippen molar-refractivity contribution < 1.29 is 4.74 Å². The summed E-state index contributed by atoms with van der Waals surface area (Å²) in [5.74, 6) is 0. The second-order valence-corrected chi connectivity index (χ2v) is 10.3. The van der Waals surface area contributed by atoms with E-state index in [4.69, 9.17) is 4.74 Å². The summed E-state index contributed by atoms with van der Waals surface area (Å²) in [7, 11) is -1.38. The van der Waals surface area contributed by atoms with E-state index in [1.165, 1.54) is 6.42 Å². The molecule has 1 heterocycles. The largest absolute Gasteiger partial charge is 0.376 e. The fraction of sp³-hybridized carbons (Fsp3) is 0.571. The minimum absolute atomic E-state index is 0.428. The van der Waals surface area contributed by atoms with Gasteiger partial charge in [0.2, 0.25) is 0 Å². The Hall–Kier alpha value is -0.603. The average molecular weight is 234 g/mol. The van der Waals surface area contributed by atoms with Crippen LogP contribution in [0.1, 0.15) is 20.3 Å². The van der Waals surface area contributed by atoms with Gasteiger partial charge in [-0.05, 0) is 25.8 Å². The third-order valence-corrected chi connectivity index (χ3v) is 8.42. The van der Waals surface area contributed by atoms with Gasteiger partial charge in [-0.2, -0.15) is 0 Å². The van der Waals surface area contributed by atoms with Gasteiger partial charge in [0.05, 0.1) is 20.3 Å². The van der Waals surface area contributed by atoms with Crippen molar-refractivity contribution in [2.24, 2.45) is 0 Å². The molecule has 1 aliphatic rings. The predicted molar refractivity (Wildman–Crippen MR) is 71.9 cm³/mol. The van der Waals surface area contributed by atoms with E-state index in [2.05, 4.69) is 57.3 Å². The van der Waals surface area contributed by atoms with Gasteiger partial charge in [0.15, 0.2) is 0 Å². The highest BCUT2D eigenvalue weighted by atomic mass is 28.3. The van der Waals surface area contributed by atoms with Gasteiger partial charge in [0.25, 0.3) is 0 Å². The van der Waals surface area contributed by atoms with Crippen LogP contribution in [-0.4, -0.2) is 20.3 Å². The minimum Gasteiger partial charge on any atom is -0.376 e. The van der Waals surface area contributed by atoms with Crippen LogP contribution < -0.4 is 5.19 Å². The van der Waals surface area contributed by atoms with Crippen LogP contribution in [0.2, 0.25) is 18.6 Å². The Morgan fingerprint density at radius 3 is 2.25 bits per heavy atom. The minimum atomic E-state index is -1.38. The Labute approximate surface area is 99.8 Å². The topological polar surface area (TPSA) is 9.23 Å². The van der Waals surface area contributed by atoms with Crippen LogP contribution in [0.25, 0.3) is 0 Å². The summed E-state index contributed by atoms with van der Waals surface area (Å²) in [6.45, 7) is 9.40. The first-order valence-corrected chi connectivity index (χ1v) is 9.30. The maximum absolute atomic E-state index is 5.92. The van der Waals surface area contributed by atoms with Crippen LogP contribution >= 0.6 is 0 Å². The summed E-state index contributed by atoms with van der Waals surface area (Å²) >= 11 is 0. The van der Waals surface area contributed by atoms with Crippen molar-refractivity contribution in [1.82, 2.24) is 0 Å². The third kappa shape index (κ3) is 2.09. The molecule has 1 saturated heterocycles. The molecule has 1 aromatic carbocycles. The Balaban J connectivity index is 2.25. The molecular formula is C14H22OSi. The second-order valence-electron chi connectivity index (χ2n) is 5.58. The van der Waals surface area contributed by atoms with E-state index < -0.39 is 8.07 Å². The molecule has 88 valence electrons. The fourth-order valence-electron chi connectivity index (χ4n) is 3.03. The number of ether oxygens (including phenoxy) is 1. The number of rotatable bonds is 2. The Bertz CT molecular complexity index is 347. The van der Waals surface area contributed by atoms with Crippen LogP contribution in [0.3, 0.4) is 0 Å². The second kappa shape index (κ2) is 4.34. The first kappa shape index (κ1) is 11.9. The van der Waals surface area contributed by atoms with Gasteiger partial charge in [-0.3, -0.25) is 0 Å². The smallest absolute Gasteiger partial charge is 0.0863 e. The number of hydrogen-bond acceptors (Lipinski definition) is 1. The molecule has 16 heavy (non-hydrogen) atoms. The van der Waals surface area contributed by atoms with E-state index in [1.54, 1.807) is 5.19 Å². The van der Waals surface area contributed by atoms with E-state index in [9.17, 15) is 0 Å². The number of hydrogen-bond donors (Lipinski definition) is 0. The first-order chi connectivity index (χ1) is 7.51. The lowest BCUT2D eigenvalue weighted by Gasteiger charge is -2.32. The molecule has 0 N–H and O–H groups in total. The molecule has 1 aliphatic heterocycles. The Morgan fingerprint density at radius 2 is 1.75 bits per heavy atom. The van der Waals surface area contributed by atoms with Crippen molar-refractivity contribution >= 4 is 13.3 Å². The summed E-state index contributed by atoms with van der Waals surface area (Å²) in [5.41, 5.74) is 0.755. The highest BCUT2D eigenvalue weighted by molar-refractivity contribution is 6.91. The molecule has 3 atom stereocenters. The molecule has 0 aliphatic carbocycles. The standard InChI is InChI=1S/C14H22OSi/c1-11-10-14(12(2)15-11)16(3,4)13-8-6-5-7-9-13/h5-9,11-12,14H,10H2,1-4H3/t11-,12+,14-/m0/s1. The van der Waals surface area contributed by atoms with Gasteiger partial charge in [-0.1, -0.05) is 48.6 Å². The maximum atomic E-state index is 5.92.